The molecule has 8 heteroatoms. The van der Waals surface area contributed by atoms with Gasteiger partial charge in [-0.2, -0.15) is 0 Å². The van der Waals surface area contributed by atoms with Gasteiger partial charge in [-0.3, -0.25) is 4.79 Å². The molecule has 0 bridgehead atoms. The van der Waals surface area contributed by atoms with Crippen molar-refractivity contribution in [2.24, 2.45) is 0 Å². The van der Waals surface area contributed by atoms with Crippen LogP contribution in [0.1, 0.15) is 23.1 Å². The predicted molar refractivity (Wildman–Crippen MR) is 71.1 cm³/mol. The van der Waals surface area contributed by atoms with Crippen LogP contribution in [0.4, 0.5) is 0 Å². The standard InChI is InChI=1S/C11H11Cl2N5O/c1-2-18-6-15-17-10(18)5-14-11(19)7-3-8(12)16-9(13)4-7/h3-4,6H,2,5H2,1H3,(H,14,19). The molecule has 0 saturated heterocycles. The first-order chi connectivity index (χ1) is 9.10. The van der Waals surface area contributed by atoms with E-state index in [-0.39, 0.29) is 22.8 Å². The molecule has 0 aliphatic carbocycles. The Hall–Kier alpha value is -1.66. The van der Waals surface area contributed by atoms with Crippen LogP contribution in [0.2, 0.25) is 10.3 Å². The number of hydrogen-bond acceptors (Lipinski definition) is 4. The highest BCUT2D eigenvalue weighted by Crippen LogP contribution is 2.14. The number of aromatic nitrogens is 4. The van der Waals surface area contributed by atoms with Crippen LogP contribution in [0, 0.1) is 0 Å². The van der Waals surface area contributed by atoms with Crippen molar-refractivity contribution in [3.05, 3.63) is 40.2 Å². The van der Waals surface area contributed by atoms with Gasteiger partial charge in [0.15, 0.2) is 5.82 Å². The minimum Gasteiger partial charge on any atom is -0.345 e. The Morgan fingerprint density at radius 1 is 1.37 bits per heavy atom. The molecule has 0 spiro atoms. The van der Waals surface area contributed by atoms with Crippen molar-refractivity contribution in [2.75, 3.05) is 0 Å². The average molecular weight is 300 g/mol. The highest BCUT2D eigenvalue weighted by molar-refractivity contribution is 6.33. The molecule has 2 rings (SSSR count). The van der Waals surface area contributed by atoms with E-state index in [1.165, 1.54) is 12.1 Å². The van der Waals surface area contributed by atoms with Crippen LogP contribution in [-0.2, 0) is 13.1 Å². The van der Waals surface area contributed by atoms with Gasteiger partial charge in [0.2, 0.25) is 0 Å². The van der Waals surface area contributed by atoms with E-state index in [9.17, 15) is 4.79 Å². The van der Waals surface area contributed by atoms with Gasteiger partial charge in [0, 0.05) is 12.1 Å². The highest BCUT2D eigenvalue weighted by Gasteiger charge is 2.10. The fourth-order valence-electron chi connectivity index (χ4n) is 1.54. The second kappa shape index (κ2) is 5.99. The van der Waals surface area contributed by atoms with E-state index in [0.717, 1.165) is 6.54 Å². The molecule has 1 N–H and O–H groups in total. The first kappa shape index (κ1) is 13.8. The van der Waals surface area contributed by atoms with Gasteiger partial charge >= 0.3 is 0 Å². The molecule has 0 aromatic carbocycles. The number of rotatable bonds is 4. The SMILES string of the molecule is CCn1cnnc1CNC(=O)c1cc(Cl)nc(Cl)c1. The molecule has 1 amide bonds. The summed E-state index contributed by atoms with van der Waals surface area (Å²) < 4.78 is 1.84. The minimum absolute atomic E-state index is 0.175. The number of carbonyl (C=O) groups is 1. The van der Waals surface area contributed by atoms with Crippen LogP contribution in [0.25, 0.3) is 0 Å². The Bertz CT molecular complexity index is 578. The molecule has 100 valence electrons. The second-order valence-corrected chi connectivity index (χ2v) is 4.49. The van der Waals surface area contributed by atoms with Crippen molar-refractivity contribution in [2.45, 2.75) is 20.0 Å². The lowest BCUT2D eigenvalue weighted by Gasteiger charge is -2.06. The van der Waals surface area contributed by atoms with Gasteiger partial charge in [-0.15, -0.1) is 10.2 Å². The van der Waals surface area contributed by atoms with Gasteiger partial charge < -0.3 is 9.88 Å². The van der Waals surface area contributed by atoms with Crippen molar-refractivity contribution in [3.63, 3.8) is 0 Å². The molecule has 6 nitrogen and oxygen atoms in total. The van der Waals surface area contributed by atoms with E-state index in [1.807, 2.05) is 11.5 Å². The summed E-state index contributed by atoms with van der Waals surface area (Å²) in [6.07, 6.45) is 1.61. The zero-order chi connectivity index (χ0) is 13.8. The van der Waals surface area contributed by atoms with Crippen molar-refractivity contribution >= 4 is 29.1 Å². The molecule has 0 unspecified atom stereocenters. The Balaban J connectivity index is 2.05. The first-order valence-corrected chi connectivity index (χ1v) is 6.33. The maximum atomic E-state index is 11.9. The van der Waals surface area contributed by atoms with Crippen LogP contribution < -0.4 is 5.32 Å². The van der Waals surface area contributed by atoms with E-state index < -0.39 is 0 Å². The zero-order valence-electron chi connectivity index (χ0n) is 10.1. The Morgan fingerprint density at radius 3 is 2.68 bits per heavy atom. The summed E-state index contributed by atoms with van der Waals surface area (Å²) in [5, 5.41) is 10.8. The third-order valence-electron chi connectivity index (χ3n) is 2.47. The van der Waals surface area contributed by atoms with E-state index in [2.05, 4.69) is 20.5 Å². The third kappa shape index (κ3) is 3.42. The predicted octanol–water partition coefficient (Wildman–Crippen LogP) is 1.93. The van der Waals surface area contributed by atoms with Crippen LogP contribution in [0.3, 0.4) is 0 Å². The van der Waals surface area contributed by atoms with Gasteiger partial charge in [-0.1, -0.05) is 23.2 Å². The fraction of sp³-hybridized carbons (Fsp3) is 0.273. The van der Waals surface area contributed by atoms with E-state index in [1.54, 1.807) is 6.33 Å². The lowest BCUT2D eigenvalue weighted by atomic mass is 10.2. The Morgan fingerprint density at radius 2 is 2.05 bits per heavy atom. The number of carbonyl (C=O) groups excluding carboxylic acids is 1. The number of halogens is 2. The molecule has 0 atom stereocenters. The number of amides is 1. The summed E-state index contributed by atoms with van der Waals surface area (Å²) in [5.41, 5.74) is 0.354. The summed E-state index contributed by atoms with van der Waals surface area (Å²) in [7, 11) is 0. The molecule has 2 aromatic heterocycles. The minimum atomic E-state index is -0.295. The van der Waals surface area contributed by atoms with Gasteiger partial charge in [-0.05, 0) is 19.1 Å². The first-order valence-electron chi connectivity index (χ1n) is 5.58. The number of nitrogens with zero attached hydrogens (tertiary/aromatic N) is 4. The molecule has 0 aliphatic heterocycles. The summed E-state index contributed by atoms with van der Waals surface area (Å²) >= 11 is 11.5. The molecule has 0 fully saturated rings. The number of pyridine rings is 1. The molecule has 2 heterocycles. The topological polar surface area (TPSA) is 72.7 Å². The normalized spacial score (nSPS) is 10.5. The quantitative estimate of drug-likeness (QED) is 0.876. The van der Waals surface area contributed by atoms with Gasteiger partial charge in [-0.25, -0.2) is 4.98 Å². The largest absolute Gasteiger partial charge is 0.345 e. The van der Waals surface area contributed by atoms with Crippen molar-refractivity contribution in [3.8, 4) is 0 Å². The number of nitrogens with one attached hydrogen (secondary N) is 1. The third-order valence-corrected chi connectivity index (χ3v) is 2.86. The molecule has 0 radical (unpaired) electrons. The molecule has 19 heavy (non-hydrogen) atoms. The van der Waals surface area contributed by atoms with Crippen LogP contribution in [0.15, 0.2) is 18.5 Å². The summed E-state index contributed by atoms with van der Waals surface area (Å²) in [6, 6.07) is 2.90. The van der Waals surface area contributed by atoms with Crippen LogP contribution >= 0.6 is 23.2 Å². The maximum absolute atomic E-state index is 11.9. The van der Waals surface area contributed by atoms with Gasteiger partial charge in [0.1, 0.15) is 16.6 Å². The molecule has 0 aliphatic rings. The zero-order valence-corrected chi connectivity index (χ0v) is 11.6. The fourth-order valence-corrected chi connectivity index (χ4v) is 2.00. The van der Waals surface area contributed by atoms with E-state index in [4.69, 9.17) is 23.2 Å². The van der Waals surface area contributed by atoms with E-state index >= 15 is 0 Å². The monoisotopic (exact) mass is 299 g/mol. The van der Waals surface area contributed by atoms with Crippen LogP contribution in [0.5, 0.6) is 0 Å². The summed E-state index contributed by atoms with van der Waals surface area (Å²) in [5.74, 6) is 0.388. The molecule has 2 aromatic rings. The highest BCUT2D eigenvalue weighted by atomic mass is 35.5. The van der Waals surface area contributed by atoms with Gasteiger partial charge in [0.05, 0.1) is 6.54 Å². The van der Waals surface area contributed by atoms with Crippen LogP contribution in [-0.4, -0.2) is 25.7 Å². The number of hydrogen-bond donors (Lipinski definition) is 1. The Labute approximate surface area is 119 Å². The summed E-state index contributed by atoms with van der Waals surface area (Å²) in [6.45, 7) is 2.99. The maximum Gasteiger partial charge on any atom is 0.251 e. The van der Waals surface area contributed by atoms with E-state index in [0.29, 0.717) is 11.4 Å². The lowest BCUT2D eigenvalue weighted by Crippen LogP contribution is -2.24. The molecule has 0 saturated carbocycles. The average Bonchev–Trinajstić information content (AvgIpc) is 2.82. The molecular formula is C11H11Cl2N5O. The smallest absolute Gasteiger partial charge is 0.251 e. The second-order valence-electron chi connectivity index (χ2n) is 3.72. The van der Waals surface area contributed by atoms with Crippen molar-refractivity contribution in [1.29, 1.82) is 0 Å². The number of aryl methyl sites for hydroxylation is 1. The molecular weight excluding hydrogens is 289 g/mol. The van der Waals surface area contributed by atoms with Crippen molar-refractivity contribution in [1.82, 2.24) is 25.1 Å². The Kier molecular flexibility index (Phi) is 4.34. The summed E-state index contributed by atoms with van der Waals surface area (Å²) in [4.78, 5) is 15.7. The lowest BCUT2D eigenvalue weighted by molar-refractivity contribution is 0.0949. The van der Waals surface area contributed by atoms with Gasteiger partial charge in [0.25, 0.3) is 5.91 Å². The van der Waals surface area contributed by atoms with Crippen molar-refractivity contribution < 1.29 is 4.79 Å².